The van der Waals surface area contributed by atoms with Gasteiger partial charge in [-0.2, -0.15) is 11.8 Å². The number of thioether (sulfide) groups is 1. The number of hydrogen-bond donors (Lipinski definition) is 1. The molecule has 7 heteroatoms. The molecule has 1 fully saturated rings. The standard InChI is InChI=1S/C19H30ClN3O2S/c1-14-13-15(20)5-6-16(14)25-12-11-22-7-9-23(10-8-22)18(24)17(21)19(2,3)26-4/h5-6,13,17H,7-12,21H2,1-4H3/t17-/m1/s1. The summed E-state index contributed by atoms with van der Waals surface area (Å²) in [6.45, 7) is 10.6. The number of nitrogens with two attached hydrogens (primary N) is 1. The van der Waals surface area contributed by atoms with E-state index in [0.29, 0.717) is 6.61 Å². The highest BCUT2D eigenvalue weighted by molar-refractivity contribution is 8.00. The third kappa shape index (κ3) is 5.52. The van der Waals surface area contributed by atoms with Crippen molar-refractivity contribution in [3.63, 3.8) is 0 Å². The molecule has 1 saturated heterocycles. The number of carbonyl (C=O) groups excluding carboxylic acids is 1. The summed E-state index contributed by atoms with van der Waals surface area (Å²) in [5.74, 6) is 0.922. The first-order valence-electron chi connectivity index (χ1n) is 8.95. The molecule has 1 amide bonds. The molecule has 0 radical (unpaired) electrons. The molecular formula is C19H30ClN3O2S. The molecule has 1 aromatic rings. The zero-order valence-corrected chi connectivity index (χ0v) is 17.7. The van der Waals surface area contributed by atoms with Crippen LogP contribution in [0.1, 0.15) is 19.4 Å². The van der Waals surface area contributed by atoms with Gasteiger partial charge in [-0.05, 0) is 50.8 Å². The van der Waals surface area contributed by atoms with E-state index < -0.39 is 6.04 Å². The molecule has 1 heterocycles. The Morgan fingerprint density at radius 1 is 1.35 bits per heavy atom. The summed E-state index contributed by atoms with van der Waals surface area (Å²) in [5.41, 5.74) is 7.23. The third-order valence-corrected chi connectivity index (χ3v) is 6.57. The van der Waals surface area contributed by atoms with E-state index in [-0.39, 0.29) is 10.7 Å². The Balaban J connectivity index is 1.75. The summed E-state index contributed by atoms with van der Waals surface area (Å²) in [5, 5.41) is 0.721. The lowest BCUT2D eigenvalue weighted by Gasteiger charge is -2.38. The number of aryl methyl sites for hydroxylation is 1. The van der Waals surface area contributed by atoms with Crippen molar-refractivity contribution < 1.29 is 9.53 Å². The SMILES string of the molecule is CSC(C)(C)[C@H](N)C(=O)N1CCN(CCOc2ccc(Cl)cc2C)CC1. The largest absolute Gasteiger partial charge is 0.492 e. The second-order valence-electron chi connectivity index (χ2n) is 7.21. The van der Waals surface area contributed by atoms with E-state index in [0.717, 1.165) is 49.1 Å². The number of hydrogen-bond acceptors (Lipinski definition) is 5. The number of halogens is 1. The van der Waals surface area contributed by atoms with Crippen molar-refractivity contribution in [3.05, 3.63) is 28.8 Å². The number of carbonyl (C=O) groups is 1. The molecule has 1 aliphatic rings. The Morgan fingerprint density at radius 2 is 2.00 bits per heavy atom. The van der Waals surface area contributed by atoms with Crippen molar-refractivity contribution >= 4 is 29.3 Å². The Morgan fingerprint density at radius 3 is 2.58 bits per heavy atom. The Hall–Kier alpha value is -0.950. The fraction of sp³-hybridized carbons (Fsp3) is 0.632. The van der Waals surface area contributed by atoms with Crippen LogP contribution in [0, 0.1) is 6.92 Å². The normalized spacial score (nSPS) is 17.2. The van der Waals surface area contributed by atoms with E-state index in [1.807, 2.05) is 50.1 Å². The summed E-state index contributed by atoms with van der Waals surface area (Å²) in [4.78, 5) is 16.8. The topological polar surface area (TPSA) is 58.8 Å². The molecule has 0 unspecified atom stereocenters. The predicted molar refractivity (Wildman–Crippen MR) is 110 cm³/mol. The summed E-state index contributed by atoms with van der Waals surface area (Å²) < 4.78 is 5.61. The third-order valence-electron chi connectivity index (χ3n) is 5.03. The molecule has 0 spiro atoms. The lowest BCUT2D eigenvalue weighted by Crippen LogP contribution is -2.58. The van der Waals surface area contributed by atoms with Crippen LogP contribution in [0.2, 0.25) is 5.02 Å². The molecule has 1 aromatic carbocycles. The molecule has 146 valence electrons. The van der Waals surface area contributed by atoms with Crippen LogP contribution in [0.3, 0.4) is 0 Å². The summed E-state index contributed by atoms with van der Waals surface area (Å²) in [6.07, 6.45) is 1.99. The molecule has 2 N–H and O–H groups in total. The second-order valence-corrected chi connectivity index (χ2v) is 9.11. The van der Waals surface area contributed by atoms with Crippen molar-refractivity contribution in [2.75, 3.05) is 45.6 Å². The van der Waals surface area contributed by atoms with Crippen LogP contribution in [-0.2, 0) is 4.79 Å². The van der Waals surface area contributed by atoms with E-state index in [4.69, 9.17) is 22.1 Å². The number of piperazine rings is 1. The Labute approximate surface area is 166 Å². The fourth-order valence-electron chi connectivity index (χ4n) is 2.87. The van der Waals surface area contributed by atoms with Crippen molar-refractivity contribution in [1.29, 1.82) is 0 Å². The number of benzene rings is 1. The highest BCUT2D eigenvalue weighted by Crippen LogP contribution is 2.26. The molecule has 1 atom stereocenters. The van der Waals surface area contributed by atoms with Gasteiger partial charge in [-0.1, -0.05) is 11.6 Å². The van der Waals surface area contributed by atoms with Crippen molar-refractivity contribution in [1.82, 2.24) is 9.80 Å². The minimum absolute atomic E-state index is 0.0528. The molecular weight excluding hydrogens is 370 g/mol. The van der Waals surface area contributed by atoms with Gasteiger partial charge in [0.05, 0.1) is 6.04 Å². The average molecular weight is 400 g/mol. The minimum atomic E-state index is -0.472. The zero-order valence-electron chi connectivity index (χ0n) is 16.1. The highest BCUT2D eigenvalue weighted by Gasteiger charge is 2.35. The molecule has 0 saturated carbocycles. The van der Waals surface area contributed by atoms with Crippen LogP contribution in [-0.4, -0.2) is 72.1 Å². The quantitative estimate of drug-likeness (QED) is 0.763. The molecule has 1 aliphatic heterocycles. The predicted octanol–water partition coefficient (Wildman–Crippen LogP) is 2.64. The maximum atomic E-state index is 12.6. The van der Waals surface area contributed by atoms with Crippen LogP contribution in [0.5, 0.6) is 5.75 Å². The number of amides is 1. The summed E-state index contributed by atoms with van der Waals surface area (Å²) in [6, 6.07) is 5.18. The number of nitrogens with zero attached hydrogens (tertiary/aromatic N) is 2. The first-order valence-corrected chi connectivity index (χ1v) is 10.6. The molecule has 5 nitrogen and oxygen atoms in total. The van der Waals surface area contributed by atoms with Crippen molar-refractivity contribution in [2.45, 2.75) is 31.6 Å². The van der Waals surface area contributed by atoms with Gasteiger partial charge < -0.3 is 15.4 Å². The van der Waals surface area contributed by atoms with Crippen molar-refractivity contribution in [3.8, 4) is 5.75 Å². The van der Waals surface area contributed by atoms with E-state index in [1.54, 1.807) is 11.8 Å². The molecule has 0 aliphatic carbocycles. The van der Waals surface area contributed by atoms with Gasteiger partial charge in [-0.15, -0.1) is 0 Å². The minimum Gasteiger partial charge on any atom is -0.492 e. The summed E-state index contributed by atoms with van der Waals surface area (Å²) >= 11 is 7.60. The average Bonchev–Trinajstić information content (AvgIpc) is 2.63. The lowest BCUT2D eigenvalue weighted by atomic mass is 10.0. The van der Waals surface area contributed by atoms with Crippen LogP contribution >= 0.6 is 23.4 Å². The van der Waals surface area contributed by atoms with E-state index in [1.165, 1.54) is 0 Å². The number of rotatable bonds is 7. The van der Waals surface area contributed by atoms with Crippen LogP contribution in [0.4, 0.5) is 0 Å². The van der Waals surface area contributed by atoms with E-state index in [9.17, 15) is 4.79 Å². The number of ether oxygens (including phenoxy) is 1. The van der Waals surface area contributed by atoms with Gasteiger partial charge in [-0.25, -0.2) is 0 Å². The molecule has 2 rings (SSSR count). The molecule has 0 bridgehead atoms. The van der Waals surface area contributed by atoms with Gasteiger partial charge >= 0.3 is 0 Å². The van der Waals surface area contributed by atoms with Gasteiger partial charge in [0, 0.05) is 42.5 Å². The summed E-state index contributed by atoms with van der Waals surface area (Å²) in [7, 11) is 0. The smallest absolute Gasteiger partial charge is 0.240 e. The van der Waals surface area contributed by atoms with Crippen LogP contribution < -0.4 is 10.5 Å². The molecule has 0 aromatic heterocycles. The second kappa shape index (κ2) is 9.31. The van der Waals surface area contributed by atoms with Gasteiger partial charge in [0.25, 0.3) is 0 Å². The van der Waals surface area contributed by atoms with Crippen LogP contribution in [0.25, 0.3) is 0 Å². The van der Waals surface area contributed by atoms with E-state index >= 15 is 0 Å². The highest BCUT2D eigenvalue weighted by atomic mass is 35.5. The van der Waals surface area contributed by atoms with Crippen LogP contribution in [0.15, 0.2) is 18.2 Å². The maximum absolute atomic E-state index is 12.6. The fourth-order valence-corrected chi connectivity index (χ4v) is 3.45. The zero-order chi connectivity index (χ0) is 19.3. The van der Waals surface area contributed by atoms with Gasteiger partial charge in [0.15, 0.2) is 0 Å². The van der Waals surface area contributed by atoms with Gasteiger partial charge in [0.2, 0.25) is 5.91 Å². The first kappa shape index (κ1) is 21.4. The van der Waals surface area contributed by atoms with E-state index in [2.05, 4.69) is 4.90 Å². The molecule has 26 heavy (non-hydrogen) atoms. The first-order chi connectivity index (χ1) is 12.2. The Bertz CT molecular complexity index is 619. The van der Waals surface area contributed by atoms with Crippen molar-refractivity contribution in [2.24, 2.45) is 5.73 Å². The van der Waals surface area contributed by atoms with Gasteiger partial charge in [-0.3, -0.25) is 9.69 Å². The lowest BCUT2D eigenvalue weighted by molar-refractivity contribution is -0.134. The Kier molecular flexibility index (Phi) is 7.64. The van der Waals surface area contributed by atoms with Gasteiger partial charge in [0.1, 0.15) is 12.4 Å². The maximum Gasteiger partial charge on any atom is 0.240 e. The monoisotopic (exact) mass is 399 g/mol.